The Balaban J connectivity index is 0.00000341. The maximum absolute atomic E-state index is 10.9. The van der Waals surface area contributed by atoms with E-state index in [1.807, 2.05) is 36.4 Å². The lowest BCUT2D eigenvalue weighted by Crippen LogP contribution is -2.52. The number of piperazine rings is 1. The molecule has 0 unspecified atom stereocenters. The predicted molar refractivity (Wildman–Crippen MR) is 137 cm³/mol. The Morgan fingerprint density at radius 1 is 1.16 bits per heavy atom. The van der Waals surface area contributed by atoms with Gasteiger partial charge in [0.15, 0.2) is 12.6 Å². The van der Waals surface area contributed by atoms with Crippen LogP contribution in [-0.4, -0.2) is 56.1 Å². The Morgan fingerprint density at radius 3 is 2.58 bits per heavy atom. The molecule has 31 heavy (non-hydrogen) atoms. The van der Waals surface area contributed by atoms with Crippen LogP contribution in [0.5, 0.6) is 5.75 Å². The number of benzene rings is 2. The molecule has 1 aliphatic rings. The van der Waals surface area contributed by atoms with Crippen LogP contribution in [-0.2, 0) is 11.3 Å². The molecule has 1 amide bonds. The minimum absolute atomic E-state index is 0. The van der Waals surface area contributed by atoms with Gasteiger partial charge in [-0.15, -0.1) is 24.0 Å². The normalized spacial score (nSPS) is 14.1. The molecule has 1 fully saturated rings. The molecule has 1 saturated heterocycles. The van der Waals surface area contributed by atoms with Gasteiger partial charge in [0.2, 0.25) is 0 Å². The molecular formula is C22H29ClIN5O2. The van der Waals surface area contributed by atoms with Gasteiger partial charge in [-0.05, 0) is 42.8 Å². The first-order valence-corrected chi connectivity index (χ1v) is 10.5. The fourth-order valence-corrected chi connectivity index (χ4v) is 3.51. The molecule has 3 N–H and O–H groups in total. The van der Waals surface area contributed by atoms with E-state index in [1.165, 1.54) is 0 Å². The van der Waals surface area contributed by atoms with Crippen molar-refractivity contribution >= 4 is 53.1 Å². The summed E-state index contributed by atoms with van der Waals surface area (Å²) in [5.74, 6) is 1.01. The second-order valence-electron chi connectivity index (χ2n) is 7.03. The van der Waals surface area contributed by atoms with Crippen molar-refractivity contribution in [3.8, 4) is 5.75 Å². The SMILES string of the molecule is CCNC(=NCc1cccc(OCC(N)=O)c1)N1CCN(c2cccc(Cl)c2)CC1.I. The summed E-state index contributed by atoms with van der Waals surface area (Å²) in [7, 11) is 0. The van der Waals surface area contributed by atoms with Gasteiger partial charge in [-0.2, -0.15) is 0 Å². The van der Waals surface area contributed by atoms with Crippen molar-refractivity contribution < 1.29 is 9.53 Å². The highest BCUT2D eigenvalue weighted by Crippen LogP contribution is 2.21. The van der Waals surface area contributed by atoms with Gasteiger partial charge >= 0.3 is 0 Å². The predicted octanol–water partition coefficient (Wildman–Crippen LogP) is 3.11. The molecule has 168 valence electrons. The average molecular weight is 558 g/mol. The van der Waals surface area contributed by atoms with E-state index in [9.17, 15) is 4.79 Å². The summed E-state index contributed by atoms with van der Waals surface area (Å²) in [5.41, 5.74) is 7.29. The molecule has 0 bridgehead atoms. The molecule has 0 spiro atoms. The third kappa shape index (κ3) is 7.77. The monoisotopic (exact) mass is 557 g/mol. The molecule has 1 aliphatic heterocycles. The maximum atomic E-state index is 10.9. The Hall–Kier alpha value is -2.20. The number of guanidine groups is 1. The largest absolute Gasteiger partial charge is 0.484 e. The van der Waals surface area contributed by atoms with Crippen LogP contribution in [0.3, 0.4) is 0 Å². The first-order chi connectivity index (χ1) is 14.5. The quantitative estimate of drug-likeness (QED) is 0.311. The topological polar surface area (TPSA) is 83.2 Å². The van der Waals surface area contributed by atoms with Crippen LogP contribution in [0, 0.1) is 0 Å². The second kappa shape index (κ2) is 12.6. The number of nitrogens with one attached hydrogen (secondary N) is 1. The summed E-state index contributed by atoms with van der Waals surface area (Å²) in [6.07, 6.45) is 0. The number of carbonyl (C=O) groups excluding carboxylic acids is 1. The van der Waals surface area contributed by atoms with Crippen molar-refractivity contribution in [3.63, 3.8) is 0 Å². The van der Waals surface area contributed by atoms with E-state index in [0.29, 0.717) is 12.3 Å². The second-order valence-corrected chi connectivity index (χ2v) is 7.46. The number of hydrogen-bond donors (Lipinski definition) is 2. The Morgan fingerprint density at radius 2 is 1.90 bits per heavy atom. The van der Waals surface area contributed by atoms with Gasteiger partial charge in [0.25, 0.3) is 5.91 Å². The summed E-state index contributed by atoms with van der Waals surface area (Å²) >= 11 is 6.13. The number of carbonyl (C=O) groups is 1. The smallest absolute Gasteiger partial charge is 0.255 e. The molecule has 2 aromatic carbocycles. The number of rotatable bonds is 7. The number of aliphatic imine (C=N–C) groups is 1. The maximum Gasteiger partial charge on any atom is 0.255 e. The van der Waals surface area contributed by atoms with Gasteiger partial charge in [0.1, 0.15) is 5.75 Å². The minimum Gasteiger partial charge on any atom is -0.484 e. The molecule has 7 nitrogen and oxygen atoms in total. The average Bonchev–Trinajstić information content (AvgIpc) is 2.76. The molecule has 0 radical (unpaired) electrons. The van der Waals surface area contributed by atoms with Crippen LogP contribution >= 0.6 is 35.6 Å². The highest BCUT2D eigenvalue weighted by Gasteiger charge is 2.20. The summed E-state index contributed by atoms with van der Waals surface area (Å²) in [6, 6.07) is 15.5. The number of nitrogens with two attached hydrogens (primary N) is 1. The van der Waals surface area contributed by atoms with E-state index in [2.05, 4.69) is 28.1 Å². The van der Waals surface area contributed by atoms with Gasteiger partial charge in [-0.3, -0.25) is 4.79 Å². The molecule has 2 aromatic rings. The molecule has 3 rings (SSSR count). The summed E-state index contributed by atoms with van der Waals surface area (Å²) in [4.78, 5) is 20.3. The van der Waals surface area contributed by atoms with Gasteiger partial charge in [-0.25, -0.2) is 4.99 Å². The number of halogens is 2. The van der Waals surface area contributed by atoms with Crippen molar-refractivity contribution in [2.45, 2.75) is 13.5 Å². The molecule has 9 heteroatoms. The minimum atomic E-state index is -0.496. The van der Waals surface area contributed by atoms with Gasteiger partial charge in [-0.1, -0.05) is 29.8 Å². The number of primary amides is 1. The van der Waals surface area contributed by atoms with E-state index in [0.717, 1.165) is 55.0 Å². The zero-order valence-electron chi connectivity index (χ0n) is 17.6. The zero-order valence-corrected chi connectivity index (χ0v) is 20.7. The Bertz CT molecular complexity index is 888. The highest BCUT2D eigenvalue weighted by atomic mass is 127. The number of hydrogen-bond acceptors (Lipinski definition) is 4. The molecular weight excluding hydrogens is 529 g/mol. The van der Waals surface area contributed by atoms with Crippen LogP contribution in [0.15, 0.2) is 53.5 Å². The molecule has 1 heterocycles. The zero-order chi connectivity index (χ0) is 21.3. The lowest BCUT2D eigenvalue weighted by atomic mass is 10.2. The fraction of sp³-hybridized carbons (Fsp3) is 0.364. The van der Waals surface area contributed by atoms with Crippen LogP contribution in [0.1, 0.15) is 12.5 Å². The van der Waals surface area contributed by atoms with Crippen molar-refractivity contribution in [1.82, 2.24) is 10.2 Å². The number of ether oxygens (including phenoxy) is 1. The lowest BCUT2D eigenvalue weighted by molar-refractivity contribution is -0.119. The number of anilines is 1. The standard InChI is InChI=1S/C22H28ClN5O2.HI/c1-2-25-22(26-15-17-5-3-8-20(13-17)30-16-21(24)29)28-11-9-27(10-12-28)19-7-4-6-18(23)14-19;/h3-8,13-14H,2,9-12,15-16H2,1H3,(H2,24,29)(H,25,26);1H. The summed E-state index contributed by atoms with van der Waals surface area (Å²) < 4.78 is 5.38. The Labute approximate surface area is 205 Å². The summed E-state index contributed by atoms with van der Waals surface area (Å²) in [6.45, 7) is 6.81. The van der Waals surface area contributed by atoms with Crippen LogP contribution in [0.2, 0.25) is 5.02 Å². The van der Waals surface area contributed by atoms with Crippen LogP contribution in [0.4, 0.5) is 5.69 Å². The van der Waals surface area contributed by atoms with Crippen molar-refractivity contribution in [2.24, 2.45) is 10.7 Å². The van der Waals surface area contributed by atoms with Crippen LogP contribution in [0.25, 0.3) is 0 Å². The molecule has 0 aromatic heterocycles. The van der Waals surface area contributed by atoms with Crippen LogP contribution < -0.4 is 20.7 Å². The summed E-state index contributed by atoms with van der Waals surface area (Å²) in [5, 5.41) is 4.14. The van der Waals surface area contributed by atoms with Gasteiger partial charge in [0, 0.05) is 43.4 Å². The van der Waals surface area contributed by atoms with Gasteiger partial charge < -0.3 is 25.6 Å². The van der Waals surface area contributed by atoms with Crippen molar-refractivity contribution in [2.75, 3.05) is 44.2 Å². The fourth-order valence-electron chi connectivity index (χ4n) is 3.33. The third-order valence-electron chi connectivity index (χ3n) is 4.78. The molecule has 0 saturated carbocycles. The van der Waals surface area contributed by atoms with E-state index in [4.69, 9.17) is 27.1 Å². The van der Waals surface area contributed by atoms with Crippen molar-refractivity contribution in [3.05, 3.63) is 59.1 Å². The molecule has 0 atom stereocenters. The molecule has 0 aliphatic carbocycles. The lowest BCUT2D eigenvalue weighted by Gasteiger charge is -2.37. The van der Waals surface area contributed by atoms with E-state index in [1.54, 1.807) is 6.07 Å². The number of amides is 1. The number of nitrogens with zero attached hydrogens (tertiary/aromatic N) is 3. The Kier molecular flexibility index (Phi) is 10.2. The van der Waals surface area contributed by atoms with E-state index in [-0.39, 0.29) is 30.6 Å². The third-order valence-corrected chi connectivity index (χ3v) is 5.01. The van der Waals surface area contributed by atoms with E-state index < -0.39 is 5.91 Å². The highest BCUT2D eigenvalue weighted by molar-refractivity contribution is 14.0. The van der Waals surface area contributed by atoms with E-state index >= 15 is 0 Å². The van der Waals surface area contributed by atoms with Gasteiger partial charge in [0.05, 0.1) is 6.54 Å². The first-order valence-electron chi connectivity index (χ1n) is 10.1. The van der Waals surface area contributed by atoms with Crippen molar-refractivity contribution in [1.29, 1.82) is 0 Å². The first kappa shape index (κ1) is 25.1.